The molecule has 0 saturated heterocycles. The van der Waals surface area contributed by atoms with Gasteiger partial charge in [-0.3, -0.25) is 0 Å². The number of nitriles is 1. The van der Waals surface area contributed by atoms with Gasteiger partial charge in [-0.15, -0.1) is 0 Å². The van der Waals surface area contributed by atoms with Crippen molar-refractivity contribution in [1.82, 2.24) is 9.88 Å². The van der Waals surface area contributed by atoms with Crippen LogP contribution in [0, 0.1) is 11.3 Å². The minimum absolute atomic E-state index is 0.538. The molecular weight excluding hydrogens is 226 g/mol. The molecule has 0 aliphatic heterocycles. The summed E-state index contributed by atoms with van der Waals surface area (Å²) in [6.45, 7) is 0.738. The second-order valence-corrected chi connectivity index (χ2v) is 4.78. The van der Waals surface area contributed by atoms with E-state index in [4.69, 9.17) is 17.5 Å². The van der Waals surface area contributed by atoms with Gasteiger partial charge in [-0.1, -0.05) is 24.0 Å². The zero-order valence-electron chi connectivity index (χ0n) is 8.56. The summed E-state index contributed by atoms with van der Waals surface area (Å²) in [6, 6.07) is 6.14. The molecule has 0 spiro atoms. The van der Waals surface area contributed by atoms with E-state index in [0.29, 0.717) is 6.42 Å². The maximum Gasteiger partial charge on any atom is 0.134 e. The molecule has 0 bridgehead atoms. The molecule has 80 valence electrons. The molecular formula is C10H13N3S2. The van der Waals surface area contributed by atoms with Crippen LogP contribution < -0.4 is 5.32 Å². The lowest BCUT2D eigenvalue weighted by atomic mass is 10.4. The van der Waals surface area contributed by atoms with Gasteiger partial charge in [0.2, 0.25) is 0 Å². The largest absolute Gasteiger partial charge is 0.365 e. The zero-order valence-corrected chi connectivity index (χ0v) is 10.2. The van der Waals surface area contributed by atoms with Crippen molar-refractivity contribution in [3.63, 3.8) is 0 Å². The number of nitrogens with one attached hydrogen (secondary N) is 1. The molecule has 15 heavy (non-hydrogen) atoms. The molecule has 0 fully saturated rings. The van der Waals surface area contributed by atoms with Crippen molar-refractivity contribution in [3.8, 4) is 6.07 Å². The van der Waals surface area contributed by atoms with Crippen LogP contribution in [-0.2, 0) is 13.6 Å². The van der Waals surface area contributed by atoms with Gasteiger partial charge in [-0.05, 0) is 12.1 Å². The monoisotopic (exact) mass is 239 g/mol. The number of aromatic nitrogens is 1. The molecule has 3 nitrogen and oxygen atoms in total. The molecule has 0 aromatic carbocycles. The van der Waals surface area contributed by atoms with E-state index in [9.17, 15) is 0 Å². The van der Waals surface area contributed by atoms with Crippen LogP contribution in [0.1, 0.15) is 12.1 Å². The van der Waals surface area contributed by atoms with Crippen LogP contribution in [0.3, 0.4) is 0 Å². The number of aryl methyl sites for hydroxylation is 1. The quantitative estimate of drug-likeness (QED) is 0.645. The summed E-state index contributed by atoms with van der Waals surface area (Å²) in [5.41, 5.74) is 1.19. The van der Waals surface area contributed by atoms with Crippen LogP contribution in [0.15, 0.2) is 18.3 Å². The first-order valence-electron chi connectivity index (χ1n) is 4.62. The molecule has 1 aromatic heterocycles. The third kappa shape index (κ3) is 4.36. The van der Waals surface area contributed by atoms with Crippen molar-refractivity contribution >= 4 is 28.3 Å². The van der Waals surface area contributed by atoms with Crippen LogP contribution in [0.25, 0.3) is 0 Å². The standard InChI is InChI=1S/C10H13N3S2/c1-13-6-2-4-9(13)8-12-10(14)15-7-3-5-11/h2,4,6H,3,7-8H2,1H3,(H,12,14). The van der Waals surface area contributed by atoms with Gasteiger partial charge < -0.3 is 9.88 Å². The Bertz CT molecular complexity index is 365. The zero-order chi connectivity index (χ0) is 11.1. The molecule has 1 rings (SSSR count). The van der Waals surface area contributed by atoms with Crippen molar-refractivity contribution in [2.45, 2.75) is 13.0 Å². The Morgan fingerprint density at radius 2 is 2.53 bits per heavy atom. The van der Waals surface area contributed by atoms with Crippen LogP contribution in [-0.4, -0.2) is 14.6 Å². The summed E-state index contributed by atoms with van der Waals surface area (Å²) in [4.78, 5) is 0. The van der Waals surface area contributed by atoms with Crippen LogP contribution >= 0.6 is 24.0 Å². The Morgan fingerprint density at radius 1 is 1.73 bits per heavy atom. The number of thioether (sulfide) groups is 1. The summed E-state index contributed by atoms with van der Waals surface area (Å²) in [7, 11) is 2.00. The normalized spacial score (nSPS) is 9.60. The predicted octanol–water partition coefficient (Wildman–Crippen LogP) is 2.05. The van der Waals surface area contributed by atoms with Crippen molar-refractivity contribution < 1.29 is 0 Å². The van der Waals surface area contributed by atoms with E-state index in [1.165, 1.54) is 17.5 Å². The molecule has 1 heterocycles. The third-order valence-corrected chi connectivity index (χ3v) is 3.22. The van der Waals surface area contributed by atoms with Gasteiger partial charge in [0, 0.05) is 31.1 Å². The van der Waals surface area contributed by atoms with Crippen molar-refractivity contribution in [2.24, 2.45) is 7.05 Å². The van der Waals surface area contributed by atoms with Crippen LogP contribution in [0.5, 0.6) is 0 Å². The van der Waals surface area contributed by atoms with E-state index in [-0.39, 0.29) is 0 Å². The highest BCUT2D eigenvalue weighted by molar-refractivity contribution is 8.22. The number of hydrogen-bond acceptors (Lipinski definition) is 3. The molecule has 1 aromatic rings. The molecule has 0 amide bonds. The second-order valence-electron chi connectivity index (χ2n) is 3.01. The summed E-state index contributed by atoms with van der Waals surface area (Å²) < 4.78 is 2.81. The van der Waals surface area contributed by atoms with Gasteiger partial charge in [-0.25, -0.2) is 0 Å². The average molecular weight is 239 g/mol. The molecule has 0 unspecified atom stereocenters. The van der Waals surface area contributed by atoms with Gasteiger partial charge >= 0.3 is 0 Å². The summed E-state index contributed by atoms with van der Waals surface area (Å²) >= 11 is 6.63. The van der Waals surface area contributed by atoms with E-state index in [0.717, 1.165) is 16.6 Å². The summed E-state index contributed by atoms with van der Waals surface area (Å²) in [5, 5.41) is 11.5. The molecule has 0 aliphatic rings. The smallest absolute Gasteiger partial charge is 0.134 e. The Balaban J connectivity index is 2.23. The lowest BCUT2D eigenvalue weighted by Crippen LogP contribution is -2.19. The van der Waals surface area contributed by atoms with Gasteiger partial charge in [0.05, 0.1) is 12.6 Å². The van der Waals surface area contributed by atoms with Gasteiger partial charge in [0.1, 0.15) is 4.32 Å². The Morgan fingerprint density at radius 3 is 3.13 bits per heavy atom. The Labute approximate surface area is 99.5 Å². The summed E-state index contributed by atoms with van der Waals surface area (Å²) in [5.74, 6) is 0.759. The molecule has 0 radical (unpaired) electrons. The maximum absolute atomic E-state index is 8.37. The highest BCUT2D eigenvalue weighted by atomic mass is 32.2. The second kappa shape index (κ2) is 6.49. The maximum atomic E-state index is 8.37. The van der Waals surface area contributed by atoms with Crippen molar-refractivity contribution in [3.05, 3.63) is 24.0 Å². The van der Waals surface area contributed by atoms with Gasteiger partial charge in [0.15, 0.2) is 0 Å². The lowest BCUT2D eigenvalue weighted by molar-refractivity contribution is 0.787. The number of thiocarbonyl (C=S) groups is 1. The number of rotatable bonds is 4. The first-order valence-corrected chi connectivity index (χ1v) is 6.01. The summed E-state index contributed by atoms with van der Waals surface area (Å²) in [6.07, 6.45) is 2.54. The lowest BCUT2D eigenvalue weighted by Gasteiger charge is -2.07. The molecule has 5 heteroatoms. The minimum Gasteiger partial charge on any atom is -0.365 e. The van der Waals surface area contributed by atoms with Crippen LogP contribution in [0.2, 0.25) is 0 Å². The van der Waals surface area contributed by atoms with Gasteiger partial charge in [-0.2, -0.15) is 5.26 Å². The fraction of sp³-hybridized carbons (Fsp3) is 0.400. The van der Waals surface area contributed by atoms with Crippen molar-refractivity contribution in [2.75, 3.05) is 5.75 Å². The minimum atomic E-state index is 0.538. The average Bonchev–Trinajstić information content (AvgIpc) is 2.61. The third-order valence-electron chi connectivity index (χ3n) is 1.91. The highest BCUT2D eigenvalue weighted by Gasteiger charge is 1.99. The molecule has 0 atom stereocenters. The predicted molar refractivity (Wildman–Crippen MR) is 67.5 cm³/mol. The molecule has 0 aliphatic carbocycles. The van der Waals surface area contributed by atoms with E-state index >= 15 is 0 Å². The SMILES string of the molecule is Cn1cccc1CNC(=S)SCCC#N. The number of hydrogen-bond donors (Lipinski definition) is 1. The Hall–Kier alpha value is -0.990. The first-order chi connectivity index (χ1) is 7.24. The molecule has 1 N–H and O–H groups in total. The van der Waals surface area contributed by atoms with E-state index < -0.39 is 0 Å². The Kier molecular flexibility index (Phi) is 5.22. The van der Waals surface area contributed by atoms with Crippen LogP contribution in [0.4, 0.5) is 0 Å². The molecule has 0 saturated carbocycles. The highest BCUT2D eigenvalue weighted by Crippen LogP contribution is 2.05. The topological polar surface area (TPSA) is 40.8 Å². The number of nitrogens with zero attached hydrogens (tertiary/aromatic N) is 2. The fourth-order valence-corrected chi connectivity index (χ4v) is 1.96. The first kappa shape index (κ1) is 12.1. The van der Waals surface area contributed by atoms with E-state index in [2.05, 4.69) is 22.0 Å². The fourth-order valence-electron chi connectivity index (χ4n) is 1.08. The van der Waals surface area contributed by atoms with E-state index in [1.807, 2.05) is 19.3 Å². The van der Waals surface area contributed by atoms with Gasteiger partial charge in [0.25, 0.3) is 0 Å². The van der Waals surface area contributed by atoms with E-state index in [1.54, 1.807) is 0 Å². The van der Waals surface area contributed by atoms with Crippen molar-refractivity contribution in [1.29, 1.82) is 5.26 Å².